The first kappa shape index (κ1) is 28.2. The molecule has 0 spiro atoms. The first-order valence-electron chi connectivity index (χ1n) is 12.2. The number of nitrogens with zero attached hydrogens (tertiary/aromatic N) is 2. The smallest absolute Gasteiger partial charge is 0.417 e. The third kappa shape index (κ3) is 4.96. The van der Waals surface area contributed by atoms with Crippen molar-refractivity contribution in [2.24, 2.45) is 5.92 Å². The van der Waals surface area contributed by atoms with E-state index in [-0.39, 0.29) is 17.3 Å². The van der Waals surface area contributed by atoms with Crippen molar-refractivity contribution < 1.29 is 41.0 Å². The van der Waals surface area contributed by atoms with Crippen LogP contribution in [0.1, 0.15) is 43.5 Å². The molecule has 2 saturated heterocycles. The zero-order valence-corrected chi connectivity index (χ0v) is 21.4. The highest BCUT2D eigenvalue weighted by Crippen LogP contribution is 2.55. The summed E-state index contributed by atoms with van der Waals surface area (Å²) in [5, 5.41) is 2.56. The molecule has 7 nitrogen and oxygen atoms in total. The van der Waals surface area contributed by atoms with E-state index in [0.717, 1.165) is 51.4 Å². The Kier molecular flexibility index (Phi) is 7.96. The number of hydrogen-bond donors (Lipinski definition) is 1. The predicted molar refractivity (Wildman–Crippen MR) is 128 cm³/mol. The first-order valence-corrected chi connectivity index (χ1v) is 12.2. The van der Waals surface area contributed by atoms with Crippen molar-refractivity contribution in [3.63, 3.8) is 0 Å². The molecule has 2 fully saturated rings. The van der Waals surface area contributed by atoms with Gasteiger partial charge in [0.15, 0.2) is 17.2 Å². The van der Waals surface area contributed by atoms with Crippen molar-refractivity contribution in [1.29, 1.82) is 0 Å². The zero-order valence-electron chi connectivity index (χ0n) is 21.4. The van der Waals surface area contributed by atoms with Gasteiger partial charge < -0.3 is 19.5 Å². The predicted octanol–water partition coefficient (Wildman–Crippen LogP) is 4.84. The van der Waals surface area contributed by atoms with Crippen LogP contribution in [0.15, 0.2) is 30.5 Å². The summed E-state index contributed by atoms with van der Waals surface area (Å²) in [6.45, 7) is 4.36. The van der Waals surface area contributed by atoms with Gasteiger partial charge in [-0.15, -0.1) is 0 Å². The molecule has 1 N–H and O–H groups in total. The first-order chi connectivity index (χ1) is 17.9. The summed E-state index contributed by atoms with van der Waals surface area (Å²) >= 11 is 0. The molecule has 0 bridgehead atoms. The minimum absolute atomic E-state index is 0.0600. The number of alkyl halides is 3. The van der Waals surface area contributed by atoms with Gasteiger partial charge in [0, 0.05) is 37.6 Å². The molecule has 2 aliphatic rings. The minimum atomic E-state index is -4.85. The number of anilines is 1. The molecule has 12 heteroatoms. The van der Waals surface area contributed by atoms with Gasteiger partial charge in [-0.2, -0.15) is 17.6 Å². The Bertz CT molecular complexity index is 1160. The molecule has 2 aliphatic heterocycles. The number of carbonyl (C=O) groups excluding carboxylic acids is 1. The summed E-state index contributed by atoms with van der Waals surface area (Å²) in [6.07, 6.45) is -4.04. The fourth-order valence-electron chi connectivity index (χ4n) is 5.12. The third-order valence-corrected chi connectivity index (χ3v) is 7.62. The molecule has 1 aromatic carbocycles. The lowest BCUT2D eigenvalue weighted by Gasteiger charge is -2.37. The van der Waals surface area contributed by atoms with Crippen LogP contribution in [0, 0.1) is 17.6 Å². The number of methoxy groups -OCH3 is 2. The van der Waals surface area contributed by atoms with Crippen LogP contribution in [0.25, 0.3) is 0 Å². The van der Waals surface area contributed by atoms with Crippen LogP contribution in [0.3, 0.4) is 0 Å². The number of pyridine rings is 1. The number of ether oxygens (including phenoxy) is 3. The van der Waals surface area contributed by atoms with Gasteiger partial charge in [-0.3, -0.25) is 14.7 Å². The van der Waals surface area contributed by atoms with E-state index in [1.54, 1.807) is 19.2 Å². The zero-order chi connectivity index (χ0) is 27.8. The quantitative estimate of drug-likeness (QED) is 0.481. The number of halogens is 5. The van der Waals surface area contributed by atoms with Gasteiger partial charge in [-0.1, -0.05) is 13.0 Å². The number of amides is 1. The Balaban J connectivity index is 1.63. The lowest BCUT2D eigenvalue weighted by Crippen LogP contribution is -2.47. The van der Waals surface area contributed by atoms with Gasteiger partial charge in [0.05, 0.1) is 37.3 Å². The van der Waals surface area contributed by atoms with Gasteiger partial charge in [-0.05, 0) is 31.5 Å². The van der Waals surface area contributed by atoms with Crippen molar-refractivity contribution in [3.05, 3.63) is 53.4 Å². The van der Waals surface area contributed by atoms with E-state index >= 15 is 0 Å². The highest BCUT2D eigenvalue weighted by atomic mass is 19.4. The van der Waals surface area contributed by atoms with Crippen molar-refractivity contribution in [2.75, 3.05) is 39.2 Å². The van der Waals surface area contributed by atoms with Gasteiger partial charge in [-0.25, -0.2) is 4.39 Å². The standard InChI is InChI=1S/C26H30F5N3O4/c1-14-20(16-7-8-17(27)21(28)22(16)37-4)23(38-25(14,2)26(29,30)31)24(35)33-15-6-9-18(32-12-15)19(13-36-3)34-10-5-11-34/h6-9,12,14,19-20,23H,5,10-11,13H2,1-4H3,(H,33,35)/t14-,19-,20-,23+,25+/m0/s1. The number of hydrogen-bond acceptors (Lipinski definition) is 6. The molecule has 0 aliphatic carbocycles. The maximum Gasteiger partial charge on any atom is 0.417 e. The molecule has 1 amide bonds. The lowest BCUT2D eigenvalue weighted by molar-refractivity contribution is -0.272. The average Bonchev–Trinajstić information content (AvgIpc) is 3.11. The molecule has 0 radical (unpaired) electrons. The largest absolute Gasteiger partial charge is 0.493 e. The van der Waals surface area contributed by atoms with Gasteiger partial charge in [0.1, 0.15) is 6.10 Å². The van der Waals surface area contributed by atoms with E-state index < -0.39 is 53.0 Å². The Morgan fingerprint density at radius 2 is 1.95 bits per heavy atom. The summed E-state index contributed by atoms with van der Waals surface area (Å²) in [4.78, 5) is 20.0. The SMILES string of the molecule is COC[C@@H](c1ccc(NC(=O)[C@@H]2O[C@@](C)(C(F)(F)F)[C@@H](C)[C@H]2c2ccc(F)c(F)c2OC)cn1)N1CCC1. The van der Waals surface area contributed by atoms with Crippen molar-refractivity contribution in [1.82, 2.24) is 9.88 Å². The molecule has 208 valence electrons. The molecule has 0 saturated carbocycles. The van der Waals surface area contributed by atoms with Crippen LogP contribution in [-0.4, -0.2) is 67.6 Å². The number of benzene rings is 1. The van der Waals surface area contributed by atoms with E-state index in [0.29, 0.717) is 6.61 Å². The third-order valence-electron chi connectivity index (χ3n) is 7.62. The van der Waals surface area contributed by atoms with Crippen LogP contribution in [0.5, 0.6) is 5.75 Å². The van der Waals surface area contributed by atoms with E-state index in [9.17, 15) is 26.7 Å². The maximum absolute atomic E-state index is 14.5. The number of nitrogens with one attached hydrogen (secondary N) is 1. The number of carbonyl (C=O) groups is 1. The second-order valence-corrected chi connectivity index (χ2v) is 9.76. The van der Waals surface area contributed by atoms with E-state index in [4.69, 9.17) is 14.2 Å². The second-order valence-electron chi connectivity index (χ2n) is 9.76. The Morgan fingerprint density at radius 1 is 1.24 bits per heavy atom. The number of likely N-dealkylation sites (tertiary alicyclic amines) is 1. The molecule has 4 rings (SSSR count). The van der Waals surface area contributed by atoms with E-state index in [2.05, 4.69) is 15.2 Å². The Hall–Kier alpha value is -2.83. The fraction of sp³-hybridized carbons (Fsp3) is 0.538. The average molecular weight is 544 g/mol. The molecular formula is C26H30F5N3O4. The van der Waals surface area contributed by atoms with Crippen molar-refractivity contribution >= 4 is 11.6 Å². The van der Waals surface area contributed by atoms with E-state index in [1.807, 2.05) is 0 Å². The lowest BCUT2D eigenvalue weighted by atomic mass is 9.77. The van der Waals surface area contributed by atoms with Gasteiger partial charge in [0.2, 0.25) is 5.82 Å². The molecule has 2 aromatic rings. The van der Waals surface area contributed by atoms with E-state index in [1.165, 1.54) is 13.1 Å². The Labute approximate surface area is 217 Å². The second kappa shape index (κ2) is 10.7. The minimum Gasteiger partial charge on any atom is -0.493 e. The molecule has 38 heavy (non-hydrogen) atoms. The van der Waals surface area contributed by atoms with Crippen molar-refractivity contribution in [2.45, 2.75) is 50.1 Å². The summed E-state index contributed by atoms with van der Waals surface area (Å²) in [6, 6.07) is 5.15. The van der Waals surface area contributed by atoms with Gasteiger partial charge in [0.25, 0.3) is 5.91 Å². The molecule has 0 unspecified atom stereocenters. The molecule has 5 atom stereocenters. The fourth-order valence-corrected chi connectivity index (χ4v) is 5.12. The summed E-state index contributed by atoms with van der Waals surface area (Å²) in [5.74, 6) is -6.68. The summed E-state index contributed by atoms with van der Waals surface area (Å²) < 4.78 is 86.4. The van der Waals surface area contributed by atoms with Crippen LogP contribution < -0.4 is 10.1 Å². The van der Waals surface area contributed by atoms with Crippen LogP contribution >= 0.6 is 0 Å². The molecule has 1 aromatic heterocycles. The molecular weight excluding hydrogens is 513 g/mol. The normalized spacial score (nSPS) is 26.6. The van der Waals surface area contributed by atoms with Crippen molar-refractivity contribution in [3.8, 4) is 5.75 Å². The van der Waals surface area contributed by atoms with Crippen LogP contribution in [-0.2, 0) is 14.3 Å². The topological polar surface area (TPSA) is 72.9 Å². The number of rotatable bonds is 8. The highest BCUT2D eigenvalue weighted by molar-refractivity contribution is 5.95. The summed E-state index contributed by atoms with van der Waals surface area (Å²) in [7, 11) is 2.67. The molecule has 3 heterocycles. The Morgan fingerprint density at radius 3 is 2.47 bits per heavy atom. The highest BCUT2D eigenvalue weighted by Gasteiger charge is 2.65. The number of aromatic nitrogens is 1. The van der Waals surface area contributed by atoms with Crippen LogP contribution in [0.4, 0.5) is 27.6 Å². The van der Waals surface area contributed by atoms with Gasteiger partial charge >= 0.3 is 6.18 Å². The monoisotopic (exact) mass is 543 g/mol. The summed E-state index contributed by atoms with van der Waals surface area (Å²) in [5.41, 5.74) is -1.87. The van der Waals surface area contributed by atoms with Crippen LogP contribution in [0.2, 0.25) is 0 Å². The maximum atomic E-state index is 14.5.